The van der Waals surface area contributed by atoms with Gasteiger partial charge in [0.25, 0.3) is 0 Å². The molecule has 5 aromatic rings. The topological polar surface area (TPSA) is 98.5 Å². The first-order valence-corrected chi connectivity index (χ1v) is 11.8. The number of anilines is 1. The van der Waals surface area contributed by atoms with Gasteiger partial charge in [0.2, 0.25) is 0 Å². The number of benzene rings is 1. The summed E-state index contributed by atoms with van der Waals surface area (Å²) in [6.07, 6.45) is 8.57. The van der Waals surface area contributed by atoms with Crippen molar-refractivity contribution in [3.8, 4) is 11.4 Å². The molecule has 4 heterocycles. The van der Waals surface area contributed by atoms with Crippen LogP contribution >= 0.6 is 11.3 Å². The highest BCUT2D eigenvalue weighted by molar-refractivity contribution is 7.18. The van der Waals surface area contributed by atoms with Crippen molar-refractivity contribution in [1.82, 2.24) is 29.5 Å². The number of rotatable bonds is 5. The van der Waals surface area contributed by atoms with Crippen molar-refractivity contribution in [1.29, 1.82) is 0 Å². The number of ketones is 1. The van der Waals surface area contributed by atoms with Crippen LogP contribution in [0, 0.1) is 0 Å². The Kier molecular flexibility index (Phi) is 5.03. The van der Waals surface area contributed by atoms with Gasteiger partial charge in [-0.3, -0.25) is 9.78 Å². The second kappa shape index (κ2) is 8.32. The molecule has 1 saturated carbocycles. The molecule has 0 radical (unpaired) electrons. The number of hydrogen-bond donors (Lipinski definition) is 1. The second-order valence-electron chi connectivity index (χ2n) is 8.11. The summed E-state index contributed by atoms with van der Waals surface area (Å²) in [6.45, 7) is 0.524. The van der Waals surface area contributed by atoms with E-state index in [9.17, 15) is 4.79 Å². The average molecular weight is 456 g/mol. The van der Waals surface area contributed by atoms with Crippen molar-refractivity contribution >= 4 is 44.3 Å². The smallest absolute Gasteiger partial charge is 0.166 e. The average Bonchev–Trinajstić information content (AvgIpc) is 3.47. The standard InChI is InChI=1S/C24H21N7OS/c32-18-7-3-2-6-17(18)31-14-27-21-23(26-13-20-28-16-5-1-4-8-19(16)33-20)29-22(30-24(21)31)15-9-11-25-12-10-15/h1,4-5,8-12,14,17H,2-3,6-7,13H2,(H,26,29,30). The van der Waals surface area contributed by atoms with Gasteiger partial charge in [0.1, 0.15) is 5.01 Å². The third-order valence-corrected chi connectivity index (χ3v) is 7.00. The molecule has 1 unspecified atom stereocenters. The Morgan fingerprint density at radius 3 is 2.79 bits per heavy atom. The van der Waals surface area contributed by atoms with Gasteiger partial charge in [0.05, 0.1) is 29.1 Å². The number of thiazole rings is 1. The minimum Gasteiger partial charge on any atom is -0.362 e. The Labute approximate surface area is 193 Å². The number of Topliss-reactive ketones (excluding diaryl/α,β-unsaturated/α-hetero) is 1. The maximum absolute atomic E-state index is 12.6. The maximum Gasteiger partial charge on any atom is 0.166 e. The molecular formula is C24H21N7OS. The number of imidazole rings is 1. The van der Waals surface area contributed by atoms with Gasteiger partial charge in [-0.2, -0.15) is 0 Å². The largest absolute Gasteiger partial charge is 0.362 e. The first kappa shape index (κ1) is 19.9. The van der Waals surface area contributed by atoms with Gasteiger partial charge in [-0.15, -0.1) is 11.3 Å². The first-order chi connectivity index (χ1) is 16.3. The summed E-state index contributed by atoms with van der Waals surface area (Å²) in [7, 11) is 0. The number of nitrogens with zero attached hydrogens (tertiary/aromatic N) is 6. The molecule has 8 nitrogen and oxygen atoms in total. The molecule has 1 atom stereocenters. The molecule has 164 valence electrons. The van der Waals surface area contributed by atoms with Crippen molar-refractivity contribution in [2.75, 3.05) is 5.32 Å². The highest BCUT2D eigenvalue weighted by Gasteiger charge is 2.27. The Hall–Kier alpha value is -3.72. The zero-order chi connectivity index (χ0) is 22.2. The number of pyridine rings is 1. The van der Waals surface area contributed by atoms with E-state index >= 15 is 0 Å². The number of fused-ring (bicyclic) bond motifs is 2. The van der Waals surface area contributed by atoms with Crippen LogP contribution in [0.25, 0.3) is 32.8 Å². The molecule has 0 bridgehead atoms. The van der Waals surface area contributed by atoms with Crippen molar-refractivity contribution in [3.05, 3.63) is 60.1 Å². The molecule has 1 aromatic carbocycles. The van der Waals surface area contributed by atoms with E-state index in [2.05, 4.69) is 21.4 Å². The number of carbonyl (C=O) groups is 1. The van der Waals surface area contributed by atoms with Gasteiger partial charge in [-0.1, -0.05) is 18.6 Å². The van der Waals surface area contributed by atoms with E-state index in [1.807, 2.05) is 34.9 Å². The van der Waals surface area contributed by atoms with E-state index < -0.39 is 0 Å². The van der Waals surface area contributed by atoms with E-state index in [4.69, 9.17) is 15.0 Å². The fourth-order valence-corrected chi connectivity index (χ4v) is 5.22. The lowest BCUT2D eigenvalue weighted by Crippen LogP contribution is -2.22. The number of hydrogen-bond acceptors (Lipinski definition) is 8. The van der Waals surface area contributed by atoms with Crippen LogP contribution in [-0.2, 0) is 11.3 Å². The van der Waals surface area contributed by atoms with Gasteiger partial charge in [-0.05, 0) is 37.1 Å². The highest BCUT2D eigenvalue weighted by Crippen LogP contribution is 2.31. The van der Waals surface area contributed by atoms with E-state index in [1.165, 1.54) is 0 Å². The molecule has 1 N–H and O–H groups in total. The summed E-state index contributed by atoms with van der Waals surface area (Å²) in [5.74, 6) is 1.45. The molecule has 0 spiro atoms. The third kappa shape index (κ3) is 3.74. The first-order valence-electron chi connectivity index (χ1n) is 11.0. The van der Waals surface area contributed by atoms with Crippen LogP contribution in [-0.4, -0.2) is 35.3 Å². The van der Waals surface area contributed by atoms with Gasteiger partial charge < -0.3 is 9.88 Å². The van der Waals surface area contributed by atoms with Crippen LogP contribution in [0.1, 0.15) is 36.7 Å². The number of para-hydroxylation sites is 1. The van der Waals surface area contributed by atoms with Gasteiger partial charge in [-0.25, -0.2) is 19.9 Å². The number of nitrogens with one attached hydrogen (secondary N) is 1. The van der Waals surface area contributed by atoms with Crippen LogP contribution < -0.4 is 5.32 Å². The molecule has 1 aliphatic rings. The second-order valence-corrected chi connectivity index (χ2v) is 9.23. The van der Waals surface area contributed by atoms with Crippen LogP contribution in [0.5, 0.6) is 0 Å². The van der Waals surface area contributed by atoms with Crippen LogP contribution in [0.4, 0.5) is 5.82 Å². The molecule has 0 aliphatic heterocycles. The molecule has 9 heteroatoms. The Morgan fingerprint density at radius 1 is 1.06 bits per heavy atom. The van der Waals surface area contributed by atoms with E-state index in [0.29, 0.717) is 35.8 Å². The fourth-order valence-electron chi connectivity index (χ4n) is 4.31. The molecule has 33 heavy (non-hydrogen) atoms. The summed E-state index contributed by atoms with van der Waals surface area (Å²) in [4.78, 5) is 35.7. The third-order valence-electron chi connectivity index (χ3n) is 5.96. The molecule has 4 aromatic heterocycles. The fraction of sp³-hybridized carbons (Fsp3) is 0.250. The highest BCUT2D eigenvalue weighted by atomic mass is 32.1. The SMILES string of the molecule is O=C1CCCCC1n1cnc2c(NCc3nc4ccccc4s3)nc(-c3ccncc3)nc21. The van der Waals surface area contributed by atoms with E-state index in [-0.39, 0.29) is 11.8 Å². The predicted molar refractivity (Wildman–Crippen MR) is 128 cm³/mol. The van der Waals surface area contributed by atoms with Crippen molar-refractivity contribution < 1.29 is 4.79 Å². The molecule has 6 rings (SSSR count). The van der Waals surface area contributed by atoms with Crippen molar-refractivity contribution in [2.45, 2.75) is 38.3 Å². The lowest BCUT2D eigenvalue weighted by molar-refractivity contribution is -0.123. The van der Waals surface area contributed by atoms with E-state index in [1.54, 1.807) is 30.1 Å². The molecule has 0 saturated heterocycles. The predicted octanol–water partition coefficient (Wildman–Crippen LogP) is 4.79. The minimum atomic E-state index is -0.221. The van der Waals surface area contributed by atoms with Gasteiger partial charge >= 0.3 is 0 Å². The van der Waals surface area contributed by atoms with E-state index in [0.717, 1.165) is 40.1 Å². The quantitative estimate of drug-likeness (QED) is 0.407. The summed E-state index contributed by atoms with van der Waals surface area (Å²) >= 11 is 1.66. The Bertz CT molecular complexity index is 1430. The molecule has 1 aliphatic carbocycles. The summed E-state index contributed by atoms with van der Waals surface area (Å²) in [5, 5.41) is 4.39. The zero-order valence-electron chi connectivity index (χ0n) is 17.8. The molecule has 1 fully saturated rings. The van der Waals surface area contributed by atoms with Crippen LogP contribution in [0.3, 0.4) is 0 Å². The summed E-state index contributed by atoms with van der Waals surface area (Å²) in [5.41, 5.74) is 3.18. The van der Waals surface area contributed by atoms with Gasteiger partial charge in [0.15, 0.2) is 28.6 Å². The lowest BCUT2D eigenvalue weighted by Gasteiger charge is -2.22. The molecular weight excluding hydrogens is 434 g/mol. The monoisotopic (exact) mass is 455 g/mol. The zero-order valence-corrected chi connectivity index (χ0v) is 18.6. The number of aromatic nitrogens is 6. The van der Waals surface area contributed by atoms with Crippen LogP contribution in [0.15, 0.2) is 55.1 Å². The maximum atomic E-state index is 12.6. The summed E-state index contributed by atoms with van der Waals surface area (Å²) < 4.78 is 3.08. The summed E-state index contributed by atoms with van der Waals surface area (Å²) in [6, 6.07) is 11.6. The Morgan fingerprint density at radius 2 is 1.94 bits per heavy atom. The van der Waals surface area contributed by atoms with Crippen molar-refractivity contribution in [3.63, 3.8) is 0 Å². The molecule has 0 amide bonds. The van der Waals surface area contributed by atoms with Crippen molar-refractivity contribution in [2.24, 2.45) is 0 Å². The minimum absolute atomic E-state index is 0.221. The van der Waals surface area contributed by atoms with Crippen LogP contribution in [0.2, 0.25) is 0 Å². The normalized spacial score (nSPS) is 16.5. The lowest BCUT2D eigenvalue weighted by atomic mass is 9.94. The Balaban J connectivity index is 1.42. The number of carbonyl (C=O) groups excluding carboxylic acids is 1. The van der Waals surface area contributed by atoms with Gasteiger partial charge in [0, 0.05) is 24.4 Å².